The number of pyridine rings is 1. The summed E-state index contributed by atoms with van der Waals surface area (Å²) < 4.78 is 12.4. The molecule has 0 radical (unpaired) electrons. The molecule has 5 aromatic rings. The number of aromatic nitrogens is 4. The number of nitrogens with one attached hydrogen (secondary N) is 1. The lowest BCUT2D eigenvalue weighted by Crippen LogP contribution is -2.14. The highest BCUT2D eigenvalue weighted by atomic mass is 16.5. The first-order valence-corrected chi connectivity index (χ1v) is 11.6. The largest absolute Gasteiger partial charge is 0.481 e. The van der Waals surface area contributed by atoms with E-state index in [-0.39, 0.29) is 17.7 Å². The van der Waals surface area contributed by atoms with Gasteiger partial charge in [0.2, 0.25) is 17.7 Å². The minimum Gasteiger partial charge on any atom is -0.481 e. The van der Waals surface area contributed by atoms with E-state index in [9.17, 15) is 4.79 Å². The maximum absolute atomic E-state index is 12.5. The molecule has 2 aromatic carbocycles. The second-order valence-corrected chi connectivity index (χ2v) is 9.63. The van der Waals surface area contributed by atoms with Crippen molar-refractivity contribution in [3.8, 4) is 22.7 Å². The first-order valence-electron chi connectivity index (χ1n) is 11.6. The number of ether oxygens (including phenoxy) is 1. The van der Waals surface area contributed by atoms with Crippen LogP contribution in [0.4, 0.5) is 5.88 Å². The average molecular weight is 482 g/mol. The lowest BCUT2D eigenvalue weighted by Gasteiger charge is -2.12. The molecule has 0 aliphatic carbocycles. The van der Waals surface area contributed by atoms with E-state index in [1.165, 1.54) is 0 Å². The van der Waals surface area contributed by atoms with Gasteiger partial charge in [0.15, 0.2) is 0 Å². The van der Waals surface area contributed by atoms with E-state index in [1.54, 1.807) is 25.7 Å². The zero-order chi connectivity index (χ0) is 25.3. The molecule has 0 unspecified atom stereocenters. The average Bonchev–Trinajstić information content (AvgIpc) is 3.51. The summed E-state index contributed by atoms with van der Waals surface area (Å²) in [7, 11) is 1.60. The van der Waals surface area contributed by atoms with Gasteiger partial charge in [-0.05, 0) is 41.5 Å². The van der Waals surface area contributed by atoms with Crippen molar-refractivity contribution in [1.29, 1.82) is 0 Å². The smallest absolute Gasteiger partial charge is 0.231 e. The Hall–Kier alpha value is -4.46. The summed E-state index contributed by atoms with van der Waals surface area (Å²) in [5.74, 6) is 0.780. The van der Waals surface area contributed by atoms with Crippen LogP contribution in [0.2, 0.25) is 0 Å². The molecule has 8 nitrogen and oxygen atoms in total. The molecule has 3 aromatic heterocycles. The molecule has 0 bridgehead atoms. The summed E-state index contributed by atoms with van der Waals surface area (Å²) in [4.78, 5) is 21.4. The maximum atomic E-state index is 12.5. The summed E-state index contributed by atoms with van der Waals surface area (Å²) in [6.45, 7) is 6.12. The molecule has 0 saturated heterocycles. The Morgan fingerprint density at radius 3 is 2.44 bits per heavy atom. The van der Waals surface area contributed by atoms with E-state index >= 15 is 0 Å². The molecule has 1 amide bonds. The third-order valence-corrected chi connectivity index (χ3v) is 5.95. The predicted octanol–water partition coefficient (Wildman–Crippen LogP) is 5.56. The van der Waals surface area contributed by atoms with Crippen molar-refractivity contribution in [2.75, 3.05) is 12.4 Å². The van der Waals surface area contributed by atoms with Crippen LogP contribution in [-0.2, 0) is 16.6 Å². The molecular formula is C28H27N5O3. The number of hydrogen-bond donors (Lipinski definition) is 1. The van der Waals surface area contributed by atoms with Crippen molar-refractivity contribution in [3.63, 3.8) is 0 Å². The number of rotatable bonds is 6. The second-order valence-electron chi connectivity index (χ2n) is 9.63. The van der Waals surface area contributed by atoms with Crippen molar-refractivity contribution in [2.45, 2.75) is 32.6 Å². The molecule has 36 heavy (non-hydrogen) atoms. The van der Waals surface area contributed by atoms with Gasteiger partial charge in [0, 0.05) is 35.0 Å². The van der Waals surface area contributed by atoms with Crippen molar-refractivity contribution in [3.05, 3.63) is 84.4 Å². The van der Waals surface area contributed by atoms with E-state index in [1.807, 2.05) is 73.9 Å². The molecule has 182 valence electrons. The van der Waals surface area contributed by atoms with E-state index in [0.717, 1.165) is 39.1 Å². The Kier molecular flexibility index (Phi) is 6.01. The van der Waals surface area contributed by atoms with Gasteiger partial charge in [-0.3, -0.25) is 14.7 Å². The molecule has 0 fully saturated rings. The molecule has 0 aliphatic heterocycles. The fourth-order valence-electron chi connectivity index (χ4n) is 3.90. The van der Waals surface area contributed by atoms with E-state index in [2.05, 4.69) is 26.5 Å². The van der Waals surface area contributed by atoms with Crippen molar-refractivity contribution in [1.82, 2.24) is 19.7 Å². The molecule has 1 N–H and O–H groups in total. The molecule has 0 spiro atoms. The number of benzene rings is 2. The lowest BCUT2D eigenvalue weighted by molar-refractivity contribution is -0.115. The SMILES string of the molecule is COc1ccc(-c2ccc3c(c2)ncn3-c2ccc(CC(=O)Nc3cc(C(C)(C)C)no3)cc2)cn1. The predicted molar refractivity (Wildman–Crippen MR) is 138 cm³/mol. The fourth-order valence-corrected chi connectivity index (χ4v) is 3.90. The molecule has 3 heterocycles. The standard InChI is InChI=1S/C28H27N5O3/c1-28(2,3)24-15-27(36-32-24)31-25(34)13-18-5-9-21(10-6-18)33-17-30-22-14-19(7-11-23(22)33)20-8-12-26(35-4)29-16-20/h5-12,14-17H,13H2,1-4H3,(H,31,34). The van der Waals surface area contributed by atoms with Crippen LogP contribution in [-0.4, -0.2) is 32.7 Å². The number of hydrogen-bond acceptors (Lipinski definition) is 6. The Morgan fingerprint density at radius 2 is 1.78 bits per heavy atom. The van der Waals surface area contributed by atoms with Crippen LogP contribution >= 0.6 is 0 Å². The molecule has 0 atom stereocenters. The normalized spacial score (nSPS) is 11.6. The van der Waals surface area contributed by atoms with Crippen molar-refractivity contribution >= 4 is 22.8 Å². The van der Waals surface area contributed by atoms with Crippen LogP contribution in [0.5, 0.6) is 5.88 Å². The Labute approximate surface area is 208 Å². The Bertz CT molecular complexity index is 1510. The minimum absolute atomic E-state index is 0.145. The monoisotopic (exact) mass is 481 g/mol. The Balaban J connectivity index is 1.28. The van der Waals surface area contributed by atoms with E-state index < -0.39 is 0 Å². The van der Waals surface area contributed by atoms with Crippen LogP contribution in [0.15, 0.2) is 77.7 Å². The Morgan fingerprint density at radius 1 is 1.00 bits per heavy atom. The highest BCUT2D eigenvalue weighted by Gasteiger charge is 2.19. The van der Waals surface area contributed by atoms with Gasteiger partial charge in [0.05, 0.1) is 30.3 Å². The number of anilines is 1. The van der Waals surface area contributed by atoms with Crippen LogP contribution in [0.25, 0.3) is 27.8 Å². The van der Waals surface area contributed by atoms with Gasteiger partial charge in [0.1, 0.15) is 6.33 Å². The summed E-state index contributed by atoms with van der Waals surface area (Å²) in [5, 5.41) is 6.82. The number of nitrogens with zero attached hydrogens (tertiary/aromatic N) is 4. The summed E-state index contributed by atoms with van der Waals surface area (Å²) in [6, 6.07) is 19.6. The van der Waals surface area contributed by atoms with E-state index in [0.29, 0.717) is 11.8 Å². The van der Waals surface area contributed by atoms with Gasteiger partial charge in [-0.1, -0.05) is 44.1 Å². The zero-order valence-electron chi connectivity index (χ0n) is 20.6. The maximum Gasteiger partial charge on any atom is 0.231 e. The highest BCUT2D eigenvalue weighted by molar-refractivity contribution is 5.91. The number of amides is 1. The number of carbonyl (C=O) groups excluding carboxylic acids is 1. The first kappa shape index (κ1) is 23.3. The summed E-state index contributed by atoms with van der Waals surface area (Å²) in [5.41, 5.74) is 6.41. The minimum atomic E-state index is -0.159. The van der Waals surface area contributed by atoms with Crippen LogP contribution < -0.4 is 10.1 Å². The van der Waals surface area contributed by atoms with E-state index in [4.69, 9.17) is 9.26 Å². The van der Waals surface area contributed by atoms with Crippen LogP contribution in [0.1, 0.15) is 32.0 Å². The van der Waals surface area contributed by atoms with Crippen LogP contribution in [0.3, 0.4) is 0 Å². The molecule has 0 aliphatic rings. The molecule has 0 saturated carbocycles. The molecule has 8 heteroatoms. The van der Waals surface area contributed by atoms with Gasteiger partial charge in [-0.2, -0.15) is 0 Å². The number of methoxy groups -OCH3 is 1. The molecular weight excluding hydrogens is 454 g/mol. The first-order chi connectivity index (χ1) is 17.3. The third kappa shape index (κ3) is 4.84. The number of carbonyl (C=O) groups is 1. The van der Waals surface area contributed by atoms with Gasteiger partial charge in [-0.25, -0.2) is 9.97 Å². The fraction of sp³-hybridized carbons (Fsp3) is 0.214. The van der Waals surface area contributed by atoms with Gasteiger partial charge >= 0.3 is 0 Å². The lowest BCUT2D eigenvalue weighted by atomic mass is 9.92. The highest BCUT2D eigenvalue weighted by Crippen LogP contribution is 2.27. The van der Waals surface area contributed by atoms with Crippen LogP contribution in [0, 0.1) is 0 Å². The quantitative estimate of drug-likeness (QED) is 0.341. The van der Waals surface area contributed by atoms with Gasteiger partial charge < -0.3 is 9.26 Å². The van der Waals surface area contributed by atoms with Crippen molar-refractivity contribution in [2.24, 2.45) is 0 Å². The zero-order valence-corrected chi connectivity index (χ0v) is 20.6. The number of imidazole rings is 1. The summed E-state index contributed by atoms with van der Waals surface area (Å²) >= 11 is 0. The summed E-state index contributed by atoms with van der Waals surface area (Å²) in [6.07, 6.45) is 3.83. The van der Waals surface area contributed by atoms with Gasteiger partial charge in [-0.15, -0.1) is 0 Å². The molecule has 5 rings (SSSR count). The third-order valence-electron chi connectivity index (χ3n) is 5.95. The topological polar surface area (TPSA) is 95.1 Å². The number of fused-ring (bicyclic) bond motifs is 1. The second kappa shape index (κ2) is 9.30. The van der Waals surface area contributed by atoms with Crippen molar-refractivity contribution < 1.29 is 14.1 Å². The van der Waals surface area contributed by atoms with Gasteiger partial charge in [0.25, 0.3) is 0 Å².